The Kier molecular flexibility index (Phi) is 6.18. The first-order valence-electron chi connectivity index (χ1n) is 8.82. The fourth-order valence-corrected chi connectivity index (χ4v) is 4.36. The quantitative estimate of drug-likeness (QED) is 0.459. The van der Waals surface area contributed by atoms with Crippen molar-refractivity contribution in [1.29, 1.82) is 0 Å². The van der Waals surface area contributed by atoms with Gasteiger partial charge in [-0.1, -0.05) is 72.8 Å². The van der Waals surface area contributed by atoms with E-state index < -0.39 is 20.6 Å². The van der Waals surface area contributed by atoms with Gasteiger partial charge in [0.05, 0.1) is 4.92 Å². The number of benzene rings is 3. The highest BCUT2D eigenvalue weighted by Crippen LogP contribution is 2.28. The Morgan fingerprint density at radius 2 is 1.32 bits per heavy atom. The summed E-state index contributed by atoms with van der Waals surface area (Å²) in [5, 5.41) is 11.1. The Morgan fingerprint density at radius 3 is 1.86 bits per heavy atom. The van der Waals surface area contributed by atoms with Crippen LogP contribution in [0.15, 0.2) is 89.8 Å². The highest BCUT2D eigenvalue weighted by atomic mass is 32.2. The molecule has 0 fully saturated rings. The molecule has 6 nitrogen and oxygen atoms in total. The summed E-state index contributed by atoms with van der Waals surface area (Å²) in [5.74, 6) is 0.0101. The zero-order chi connectivity index (χ0) is 20.0. The summed E-state index contributed by atoms with van der Waals surface area (Å²) in [6.45, 7) is 0.156. The molecule has 0 spiro atoms. The van der Waals surface area contributed by atoms with Gasteiger partial charge in [0.1, 0.15) is 0 Å². The van der Waals surface area contributed by atoms with E-state index in [2.05, 4.69) is 4.72 Å². The van der Waals surface area contributed by atoms with E-state index in [0.29, 0.717) is 6.42 Å². The molecule has 3 aromatic rings. The SMILES string of the molecule is O=[N+]([O-])c1ccccc1S(=O)(=O)NCCC(c1ccccc1)c1ccccc1. The number of hydrogen-bond donors (Lipinski definition) is 1. The van der Waals surface area contributed by atoms with E-state index in [1.165, 1.54) is 24.3 Å². The van der Waals surface area contributed by atoms with Crippen LogP contribution in [-0.2, 0) is 10.0 Å². The average Bonchev–Trinajstić information content (AvgIpc) is 2.72. The predicted octanol–water partition coefficient (Wildman–Crippen LogP) is 4.10. The molecular weight excluding hydrogens is 376 g/mol. The molecule has 0 bridgehead atoms. The molecule has 0 saturated heterocycles. The van der Waals surface area contributed by atoms with Gasteiger partial charge in [-0.25, -0.2) is 13.1 Å². The molecule has 28 heavy (non-hydrogen) atoms. The van der Waals surface area contributed by atoms with Crippen molar-refractivity contribution in [3.05, 3.63) is 106 Å². The number of sulfonamides is 1. The van der Waals surface area contributed by atoms with E-state index in [-0.39, 0.29) is 17.4 Å². The van der Waals surface area contributed by atoms with E-state index >= 15 is 0 Å². The maximum atomic E-state index is 12.6. The Labute approximate surface area is 164 Å². The van der Waals surface area contributed by atoms with Crippen molar-refractivity contribution < 1.29 is 13.3 Å². The first kappa shape index (κ1) is 19.7. The molecule has 0 saturated carbocycles. The lowest BCUT2D eigenvalue weighted by Gasteiger charge is -2.18. The standard InChI is InChI=1S/C21H20N2O4S/c24-23(25)20-13-7-8-14-21(20)28(26,27)22-16-15-19(17-9-3-1-4-10-17)18-11-5-2-6-12-18/h1-14,19,22H,15-16H2. The zero-order valence-corrected chi connectivity index (χ0v) is 15.9. The topological polar surface area (TPSA) is 89.3 Å². The molecule has 1 N–H and O–H groups in total. The fourth-order valence-electron chi connectivity index (χ4n) is 3.15. The lowest BCUT2D eigenvalue weighted by atomic mass is 9.89. The van der Waals surface area contributed by atoms with Crippen LogP contribution < -0.4 is 4.72 Å². The molecule has 7 heteroatoms. The molecule has 3 aromatic carbocycles. The van der Waals surface area contributed by atoms with Gasteiger partial charge in [-0.3, -0.25) is 10.1 Å². The minimum absolute atomic E-state index is 0.0101. The van der Waals surface area contributed by atoms with E-state index in [1.807, 2.05) is 60.7 Å². The molecule has 0 amide bonds. The summed E-state index contributed by atoms with van der Waals surface area (Å²) in [4.78, 5) is 10.1. The molecular formula is C21H20N2O4S. The number of nitro benzene ring substituents is 1. The van der Waals surface area contributed by atoms with Crippen LogP contribution in [0.3, 0.4) is 0 Å². The van der Waals surface area contributed by atoms with Gasteiger partial charge in [0.25, 0.3) is 5.69 Å². The number of hydrogen-bond acceptors (Lipinski definition) is 4. The van der Waals surface area contributed by atoms with Crippen LogP contribution in [0.4, 0.5) is 5.69 Å². The first-order chi connectivity index (χ1) is 13.5. The lowest BCUT2D eigenvalue weighted by molar-refractivity contribution is -0.387. The Morgan fingerprint density at radius 1 is 0.821 bits per heavy atom. The monoisotopic (exact) mass is 396 g/mol. The third-order valence-electron chi connectivity index (χ3n) is 4.48. The van der Waals surface area contributed by atoms with Crippen molar-refractivity contribution in [3.8, 4) is 0 Å². The minimum atomic E-state index is -3.99. The van der Waals surface area contributed by atoms with Gasteiger partial charge < -0.3 is 0 Å². The van der Waals surface area contributed by atoms with Gasteiger partial charge in [0.2, 0.25) is 10.0 Å². The maximum absolute atomic E-state index is 12.6. The minimum Gasteiger partial charge on any atom is -0.258 e. The second-order valence-corrected chi connectivity index (χ2v) is 8.02. The number of para-hydroxylation sites is 1. The van der Waals surface area contributed by atoms with E-state index in [4.69, 9.17) is 0 Å². The first-order valence-corrected chi connectivity index (χ1v) is 10.3. The zero-order valence-electron chi connectivity index (χ0n) is 15.1. The number of rotatable bonds is 8. The van der Waals surface area contributed by atoms with Gasteiger partial charge >= 0.3 is 0 Å². The van der Waals surface area contributed by atoms with Crippen molar-refractivity contribution in [2.45, 2.75) is 17.2 Å². The summed E-state index contributed by atoms with van der Waals surface area (Å²) in [5.41, 5.74) is 1.73. The van der Waals surface area contributed by atoms with Crippen LogP contribution >= 0.6 is 0 Å². The van der Waals surface area contributed by atoms with Crippen LogP contribution in [0.1, 0.15) is 23.5 Å². The van der Waals surface area contributed by atoms with Crippen molar-refractivity contribution in [2.24, 2.45) is 0 Å². The molecule has 0 aromatic heterocycles. The summed E-state index contributed by atoms with van der Waals surface area (Å²) in [6, 6.07) is 25.0. The van der Waals surface area contributed by atoms with Crippen molar-refractivity contribution in [2.75, 3.05) is 6.54 Å². The molecule has 0 aliphatic carbocycles. The van der Waals surface area contributed by atoms with Gasteiger partial charge in [0.15, 0.2) is 4.90 Å². The van der Waals surface area contributed by atoms with Crippen LogP contribution in [0.5, 0.6) is 0 Å². The van der Waals surface area contributed by atoms with E-state index in [0.717, 1.165) is 11.1 Å². The highest BCUT2D eigenvalue weighted by molar-refractivity contribution is 7.89. The summed E-state index contributed by atoms with van der Waals surface area (Å²) in [6.07, 6.45) is 0.522. The summed E-state index contributed by atoms with van der Waals surface area (Å²) >= 11 is 0. The van der Waals surface area contributed by atoms with Crippen molar-refractivity contribution in [1.82, 2.24) is 4.72 Å². The maximum Gasteiger partial charge on any atom is 0.289 e. The Hall–Kier alpha value is -3.03. The van der Waals surface area contributed by atoms with Crippen LogP contribution in [-0.4, -0.2) is 19.9 Å². The fraction of sp³-hybridized carbons (Fsp3) is 0.143. The molecule has 0 unspecified atom stereocenters. The largest absolute Gasteiger partial charge is 0.289 e. The number of nitrogens with zero attached hydrogens (tertiary/aromatic N) is 1. The second-order valence-electron chi connectivity index (χ2n) is 6.29. The third-order valence-corrected chi connectivity index (χ3v) is 5.99. The van der Waals surface area contributed by atoms with Crippen LogP contribution in [0, 0.1) is 10.1 Å². The Balaban J connectivity index is 1.79. The molecule has 0 radical (unpaired) electrons. The van der Waals surface area contributed by atoms with Gasteiger partial charge in [-0.2, -0.15) is 0 Å². The van der Waals surface area contributed by atoms with Gasteiger partial charge in [0, 0.05) is 18.5 Å². The number of nitrogens with one attached hydrogen (secondary N) is 1. The highest BCUT2D eigenvalue weighted by Gasteiger charge is 2.25. The smallest absolute Gasteiger partial charge is 0.258 e. The molecule has 0 heterocycles. The number of nitro groups is 1. The Bertz CT molecular complexity index is 999. The molecule has 0 atom stereocenters. The van der Waals surface area contributed by atoms with Crippen LogP contribution in [0.2, 0.25) is 0 Å². The van der Waals surface area contributed by atoms with Crippen molar-refractivity contribution >= 4 is 15.7 Å². The second kappa shape index (κ2) is 8.77. The molecule has 0 aliphatic rings. The summed E-state index contributed by atoms with van der Waals surface area (Å²) < 4.78 is 27.7. The lowest BCUT2D eigenvalue weighted by Crippen LogP contribution is -2.26. The van der Waals surface area contributed by atoms with Crippen LogP contribution in [0.25, 0.3) is 0 Å². The van der Waals surface area contributed by atoms with Crippen molar-refractivity contribution in [3.63, 3.8) is 0 Å². The normalized spacial score (nSPS) is 11.5. The van der Waals surface area contributed by atoms with E-state index in [1.54, 1.807) is 0 Å². The third kappa shape index (κ3) is 4.62. The summed E-state index contributed by atoms with van der Waals surface area (Å²) in [7, 11) is -3.99. The van der Waals surface area contributed by atoms with E-state index in [9.17, 15) is 18.5 Å². The molecule has 144 valence electrons. The van der Waals surface area contributed by atoms with Gasteiger partial charge in [-0.15, -0.1) is 0 Å². The van der Waals surface area contributed by atoms with Gasteiger partial charge in [-0.05, 0) is 23.6 Å². The predicted molar refractivity (Wildman–Crippen MR) is 108 cm³/mol. The average molecular weight is 396 g/mol. The molecule has 3 rings (SSSR count). The molecule has 0 aliphatic heterocycles.